The average molecular weight is 145 g/mol. The van der Waals surface area contributed by atoms with Gasteiger partial charge in [-0.05, 0) is 6.92 Å². The Labute approximate surface area is 59.1 Å². The Bertz CT molecular complexity index is 126. The molecule has 0 aliphatic heterocycles. The molecule has 0 spiro atoms. The van der Waals surface area contributed by atoms with Gasteiger partial charge in [-0.2, -0.15) is 5.11 Å². The van der Waals surface area contributed by atoms with Gasteiger partial charge in [-0.1, -0.05) is 0 Å². The van der Waals surface area contributed by atoms with E-state index in [1.807, 2.05) is 0 Å². The number of nitrogens with two attached hydrogens (primary N) is 1. The van der Waals surface area contributed by atoms with Gasteiger partial charge in [0.1, 0.15) is 0 Å². The molecule has 0 rings (SSSR count). The van der Waals surface area contributed by atoms with Crippen LogP contribution in [0.3, 0.4) is 0 Å². The van der Waals surface area contributed by atoms with Crippen molar-refractivity contribution >= 4 is 5.91 Å². The van der Waals surface area contributed by atoms with Gasteiger partial charge in [0.25, 0.3) is 0 Å². The van der Waals surface area contributed by atoms with Crippen molar-refractivity contribution in [2.24, 2.45) is 10.8 Å². The number of carbonyl (C=O) groups excluding carboxylic acids is 1. The minimum atomic E-state index is -0.734. The minimum absolute atomic E-state index is 0.0170. The quantitative estimate of drug-likeness (QED) is 0.529. The van der Waals surface area contributed by atoms with Crippen molar-refractivity contribution in [3.05, 3.63) is 0 Å². The van der Waals surface area contributed by atoms with E-state index in [2.05, 4.69) is 5.11 Å². The molecule has 3 N–H and O–H groups in total. The zero-order chi connectivity index (χ0) is 7.98. The molecule has 10 heavy (non-hydrogen) atoms. The number of hydrogen-bond donors (Lipinski definition) is 2. The highest BCUT2D eigenvalue weighted by molar-refractivity contribution is 5.79. The topological polar surface area (TPSA) is 88.5 Å². The number of nitrogens with one attached hydrogen (secondary N) is 1. The normalized spacial score (nSPS) is 12.5. The fraction of sp³-hybridized carbons (Fsp3) is 0.800. The van der Waals surface area contributed by atoms with Crippen molar-refractivity contribution in [3.8, 4) is 0 Å². The minimum Gasteiger partial charge on any atom is -0.367 e. The Kier molecular flexibility index (Phi) is 4.39. The van der Waals surface area contributed by atoms with Gasteiger partial charge in [-0.15, -0.1) is 0 Å². The molecule has 0 aliphatic rings. The van der Waals surface area contributed by atoms with Crippen LogP contribution in [0.1, 0.15) is 6.92 Å². The highest BCUT2D eigenvalue weighted by Crippen LogP contribution is 1.90. The van der Waals surface area contributed by atoms with E-state index < -0.39 is 12.0 Å². The van der Waals surface area contributed by atoms with E-state index in [9.17, 15) is 4.79 Å². The first-order valence-electron chi connectivity index (χ1n) is 2.96. The van der Waals surface area contributed by atoms with E-state index in [1.54, 1.807) is 6.92 Å². The molecular formula is C5H11N3O2. The standard InChI is InChI=1S/C5H11N3O2/c1-2-10-4(3-8-7)5(6)9/h4,7H,2-3H2,1H3,(H2,6,9). The van der Waals surface area contributed by atoms with Crippen LogP contribution in [-0.2, 0) is 9.53 Å². The second kappa shape index (κ2) is 4.87. The molecular weight excluding hydrogens is 134 g/mol. The summed E-state index contributed by atoms with van der Waals surface area (Å²) in [5.41, 5.74) is 11.3. The van der Waals surface area contributed by atoms with E-state index in [0.29, 0.717) is 6.61 Å². The molecule has 0 fully saturated rings. The van der Waals surface area contributed by atoms with Gasteiger partial charge in [0.2, 0.25) is 5.91 Å². The molecule has 0 aromatic heterocycles. The third-order valence-electron chi connectivity index (χ3n) is 0.942. The van der Waals surface area contributed by atoms with Gasteiger partial charge < -0.3 is 10.5 Å². The molecule has 0 bridgehead atoms. The molecule has 0 saturated carbocycles. The monoisotopic (exact) mass is 145 g/mol. The number of nitrogens with zero attached hydrogens (tertiary/aromatic N) is 1. The molecule has 5 heteroatoms. The maximum Gasteiger partial charge on any atom is 0.248 e. The Balaban J connectivity index is 3.71. The summed E-state index contributed by atoms with van der Waals surface area (Å²) < 4.78 is 4.86. The van der Waals surface area contributed by atoms with Crippen LogP contribution in [0.25, 0.3) is 0 Å². The maximum atomic E-state index is 10.4. The first-order valence-corrected chi connectivity index (χ1v) is 2.96. The number of ether oxygens (including phenoxy) is 1. The van der Waals surface area contributed by atoms with Crippen molar-refractivity contribution in [1.82, 2.24) is 0 Å². The largest absolute Gasteiger partial charge is 0.367 e. The lowest BCUT2D eigenvalue weighted by Crippen LogP contribution is -2.33. The summed E-state index contributed by atoms with van der Waals surface area (Å²) in [5.74, 6) is -0.571. The fourth-order valence-corrected chi connectivity index (χ4v) is 0.509. The van der Waals surface area contributed by atoms with Gasteiger partial charge in [-0.25, -0.2) is 5.53 Å². The number of carbonyl (C=O) groups is 1. The van der Waals surface area contributed by atoms with E-state index in [1.165, 1.54) is 0 Å². The van der Waals surface area contributed by atoms with E-state index >= 15 is 0 Å². The van der Waals surface area contributed by atoms with Crippen molar-refractivity contribution in [2.75, 3.05) is 13.2 Å². The van der Waals surface area contributed by atoms with Crippen molar-refractivity contribution < 1.29 is 9.53 Å². The van der Waals surface area contributed by atoms with Crippen LogP contribution in [0.15, 0.2) is 5.11 Å². The molecule has 0 aliphatic carbocycles. The van der Waals surface area contributed by atoms with Gasteiger partial charge >= 0.3 is 0 Å². The molecule has 0 heterocycles. The molecule has 1 atom stereocenters. The van der Waals surface area contributed by atoms with E-state index in [0.717, 1.165) is 0 Å². The second-order valence-corrected chi connectivity index (χ2v) is 1.69. The zero-order valence-electron chi connectivity index (χ0n) is 5.83. The Hall–Kier alpha value is -0.970. The first kappa shape index (κ1) is 9.03. The highest BCUT2D eigenvalue weighted by Gasteiger charge is 2.13. The Morgan fingerprint density at radius 3 is 2.80 bits per heavy atom. The van der Waals surface area contributed by atoms with Crippen LogP contribution < -0.4 is 5.73 Å². The Morgan fingerprint density at radius 1 is 1.90 bits per heavy atom. The molecule has 0 aromatic rings. The summed E-state index contributed by atoms with van der Waals surface area (Å²) in [6.45, 7) is 2.17. The highest BCUT2D eigenvalue weighted by atomic mass is 16.5. The lowest BCUT2D eigenvalue weighted by Gasteiger charge is -2.08. The number of primary amides is 1. The van der Waals surface area contributed by atoms with Crippen molar-refractivity contribution in [3.63, 3.8) is 0 Å². The third kappa shape index (κ3) is 3.13. The van der Waals surface area contributed by atoms with Crippen LogP contribution in [-0.4, -0.2) is 25.2 Å². The fourth-order valence-electron chi connectivity index (χ4n) is 0.509. The van der Waals surface area contributed by atoms with Crippen LogP contribution in [0, 0.1) is 5.53 Å². The third-order valence-corrected chi connectivity index (χ3v) is 0.942. The predicted molar refractivity (Wildman–Crippen MR) is 34.6 cm³/mol. The van der Waals surface area contributed by atoms with Crippen LogP contribution >= 0.6 is 0 Å². The zero-order valence-corrected chi connectivity index (χ0v) is 5.83. The number of amides is 1. The maximum absolute atomic E-state index is 10.4. The summed E-state index contributed by atoms with van der Waals surface area (Å²) in [7, 11) is 0. The van der Waals surface area contributed by atoms with Gasteiger partial charge in [0.15, 0.2) is 6.10 Å². The van der Waals surface area contributed by atoms with Crippen molar-refractivity contribution in [1.29, 1.82) is 5.53 Å². The van der Waals surface area contributed by atoms with Crippen molar-refractivity contribution in [2.45, 2.75) is 13.0 Å². The molecule has 5 nitrogen and oxygen atoms in total. The van der Waals surface area contributed by atoms with Crippen LogP contribution in [0.4, 0.5) is 0 Å². The predicted octanol–water partition coefficient (Wildman–Crippen LogP) is -0.0922. The second-order valence-electron chi connectivity index (χ2n) is 1.69. The lowest BCUT2D eigenvalue weighted by molar-refractivity contribution is -0.128. The summed E-state index contributed by atoms with van der Waals surface area (Å²) in [5, 5.41) is 3.00. The van der Waals surface area contributed by atoms with Gasteiger partial charge in [-0.3, -0.25) is 4.79 Å². The summed E-state index contributed by atoms with van der Waals surface area (Å²) in [6.07, 6.45) is -0.734. The van der Waals surface area contributed by atoms with Gasteiger partial charge in [0.05, 0.1) is 6.54 Å². The molecule has 1 amide bonds. The molecule has 0 aromatic carbocycles. The average Bonchev–Trinajstić information content (AvgIpc) is 1.87. The van der Waals surface area contributed by atoms with Crippen LogP contribution in [0.2, 0.25) is 0 Å². The van der Waals surface area contributed by atoms with E-state index in [-0.39, 0.29) is 6.54 Å². The first-order chi connectivity index (χ1) is 4.72. The molecule has 1 unspecified atom stereocenters. The molecule has 58 valence electrons. The smallest absolute Gasteiger partial charge is 0.248 e. The number of rotatable bonds is 5. The molecule has 0 saturated heterocycles. The van der Waals surface area contributed by atoms with Crippen LogP contribution in [0.5, 0.6) is 0 Å². The Morgan fingerprint density at radius 2 is 2.50 bits per heavy atom. The lowest BCUT2D eigenvalue weighted by atomic mass is 10.3. The van der Waals surface area contributed by atoms with Gasteiger partial charge in [0, 0.05) is 6.61 Å². The summed E-state index contributed by atoms with van der Waals surface area (Å²) in [6, 6.07) is 0. The van der Waals surface area contributed by atoms with E-state index in [4.69, 9.17) is 16.0 Å². The number of hydrogen-bond acceptors (Lipinski definition) is 4. The summed E-state index contributed by atoms with van der Waals surface area (Å²) >= 11 is 0. The summed E-state index contributed by atoms with van der Waals surface area (Å²) in [4.78, 5) is 10.4. The SMILES string of the molecule is CCOC(CN=N)C(N)=O. The molecule has 0 radical (unpaired) electrons.